The fourth-order valence-corrected chi connectivity index (χ4v) is 2.59. The minimum Gasteiger partial charge on any atom is -0.396 e. The number of aromatic amines is 1. The minimum atomic E-state index is 0.324. The van der Waals surface area contributed by atoms with Gasteiger partial charge in [0.15, 0.2) is 0 Å². The number of hydrogen-bond acceptors (Lipinski definition) is 2. The first-order valence-corrected chi connectivity index (χ1v) is 6.36. The van der Waals surface area contributed by atoms with Gasteiger partial charge >= 0.3 is 0 Å². The molecule has 3 heteroatoms. The average Bonchev–Trinajstić information content (AvgIpc) is 2.71. The van der Waals surface area contributed by atoms with Crippen molar-refractivity contribution in [3.63, 3.8) is 0 Å². The highest BCUT2D eigenvalue weighted by atomic mass is 16.3. The molecule has 16 heavy (non-hydrogen) atoms. The van der Waals surface area contributed by atoms with Gasteiger partial charge in [-0.3, -0.25) is 0 Å². The summed E-state index contributed by atoms with van der Waals surface area (Å²) >= 11 is 0. The van der Waals surface area contributed by atoms with Crippen LogP contribution in [0.1, 0.15) is 37.7 Å². The number of hydrogen-bond donors (Lipinski definition) is 3. The van der Waals surface area contributed by atoms with Gasteiger partial charge in [0.05, 0.1) is 0 Å². The van der Waals surface area contributed by atoms with Crippen LogP contribution in [0.5, 0.6) is 0 Å². The Labute approximate surface area is 97.3 Å². The summed E-state index contributed by atoms with van der Waals surface area (Å²) < 4.78 is 0. The monoisotopic (exact) mass is 222 g/mol. The zero-order valence-corrected chi connectivity index (χ0v) is 9.78. The van der Waals surface area contributed by atoms with E-state index < -0.39 is 0 Å². The van der Waals surface area contributed by atoms with Gasteiger partial charge in [0, 0.05) is 31.6 Å². The first-order chi connectivity index (χ1) is 7.90. The summed E-state index contributed by atoms with van der Waals surface area (Å²) in [6, 6.07) is 2.58. The van der Waals surface area contributed by atoms with Crippen molar-refractivity contribution in [3.8, 4) is 0 Å². The summed E-state index contributed by atoms with van der Waals surface area (Å²) in [5.41, 5.74) is 1.29. The third-order valence-electron chi connectivity index (χ3n) is 3.62. The molecule has 0 amide bonds. The Hall–Kier alpha value is -0.800. The number of rotatable bonds is 4. The van der Waals surface area contributed by atoms with Crippen LogP contribution in [0.4, 0.5) is 0 Å². The molecule has 2 rings (SSSR count). The zero-order chi connectivity index (χ0) is 11.2. The van der Waals surface area contributed by atoms with E-state index in [2.05, 4.69) is 16.4 Å². The van der Waals surface area contributed by atoms with Crippen LogP contribution in [0.3, 0.4) is 0 Å². The zero-order valence-electron chi connectivity index (χ0n) is 9.78. The molecule has 1 aliphatic rings. The van der Waals surface area contributed by atoms with Crippen LogP contribution in [0.2, 0.25) is 0 Å². The second-order valence-electron chi connectivity index (χ2n) is 4.79. The minimum absolute atomic E-state index is 0.324. The highest BCUT2D eigenvalue weighted by Crippen LogP contribution is 2.23. The number of aromatic nitrogens is 1. The molecular weight excluding hydrogens is 200 g/mol. The Bertz CT molecular complexity index is 284. The normalized spacial score (nSPS) is 26.6. The molecule has 0 saturated heterocycles. The van der Waals surface area contributed by atoms with E-state index in [4.69, 9.17) is 0 Å². The Morgan fingerprint density at radius 1 is 1.31 bits per heavy atom. The summed E-state index contributed by atoms with van der Waals surface area (Å²) in [6.45, 7) is 1.23. The largest absolute Gasteiger partial charge is 0.396 e. The smallest absolute Gasteiger partial charge is 0.0474 e. The highest BCUT2D eigenvalue weighted by Gasteiger charge is 2.22. The molecule has 1 fully saturated rings. The second kappa shape index (κ2) is 6.06. The third kappa shape index (κ3) is 3.09. The van der Waals surface area contributed by atoms with E-state index in [1.807, 2.05) is 12.4 Å². The molecule has 0 aromatic carbocycles. The van der Waals surface area contributed by atoms with Crippen LogP contribution in [0.25, 0.3) is 0 Å². The number of nitrogens with one attached hydrogen (secondary N) is 2. The topological polar surface area (TPSA) is 48.0 Å². The van der Waals surface area contributed by atoms with Crippen LogP contribution in [-0.4, -0.2) is 22.7 Å². The Balaban J connectivity index is 1.85. The van der Waals surface area contributed by atoms with Gasteiger partial charge in [0.25, 0.3) is 0 Å². The van der Waals surface area contributed by atoms with Crippen molar-refractivity contribution in [1.29, 1.82) is 0 Å². The highest BCUT2D eigenvalue weighted by molar-refractivity contribution is 5.07. The summed E-state index contributed by atoms with van der Waals surface area (Å²) in [6.07, 6.45) is 10.2. The molecule has 0 radical (unpaired) electrons. The van der Waals surface area contributed by atoms with Crippen molar-refractivity contribution in [3.05, 3.63) is 24.0 Å². The molecule has 1 heterocycles. The predicted octanol–water partition coefficient (Wildman–Crippen LogP) is 2.05. The molecule has 0 spiro atoms. The van der Waals surface area contributed by atoms with Gasteiger partial charge in [-0.05, 0) is 30.4 Å². The van der Waals surface area contributed by atoms with Crippen molar-refractivity contribution < 1.29 is 5.11 Å². The van der Waals surface area contributed by atoms with Crippen LogP contribution < -0.4 is 5.32 Å². The van der Waals surface area contributed by atoms with E-state index in [-0.39, 0.29) is 0 Å². The quantitative estimate of drug-likeness (QED) is 0.683. The molecule has 90 valence electrons. The van der Waals surface area contributed by atoms with Gasteiger partial charge in [0.1, 0.15) is 0 Å². The molecule has 2 unspecified atom stereocenters. The number of H-pyrrole nitrogens is 1. The molecule has 1 aromatic heterocycles. The molecule has 2 atom stereocenters. The lowest BCUT2D eigenvalue weighted by atomic mass is 9.95. The summed E-state index contributed by atoms with van der Waals surface area (Å²) in [5.74, 6) is 0.446. The number of aliphatic hydroxyl groups excluding tert-OH is 1. The van der Waals surface area contributed by atoms with Crippen LogP contribution in [-0.2, 0) is 6.54 Å². The van der Waals surface area contributed by atoms with Crippen LogP contribution in [0.15, 0.2) is 18.5 Å². The Morgan fingerprint density at radius 3 is 2.94 bits per heavy atom. The van der Waals surface area contributed by atoms with Crippen LogP contribution >= 0.6 is 0 Å². The lowest BCUT2D eigenvalue weighted by Crippen LogP contribution is -2.36. The van der Waals surface area contributed by atoms with Gasteiger partial charge in [-0.25, -0.2) is 0 Å². The van der Waals surface area contributed by atoms with Gasteiger partial charge in [-0.1, -0.05) is 19.3 Å². The predicted molar refractivity (Wildman–Crippen MR) is 65.1 cm³/mol. The molecule has 0 aliphatic heterocycles. The average molecular weight is 222 g/mol. The maximum Gasteiger partial charge on any atom is 0.0474 e. The first kappa shape index (κ1) is 11.7. The van der Waals surface area contributed by atoms with Crippen molar-refractivity contribution in [1.82, 2.24) is 10.3 Å². The van der Waals surface area contributed by atoms with E-state index in [1.165, 1.54) is 37.7 Å². The lowest BCUT2D eigenvalue weighted by molar-refractivity contribution is 0.181. The van der Waals surface area contributed by atoms with E-state index in [1.54, 1.807) is 0 Å². The maximum atomic E-state index is 9.40. The standard InChI is InChI=1S/C13H22N2O/c16-10-12-4-2-1-3-5-13(12)15-9-11-6-7-14-8-11/h6-8,12-16H,1-5,9-10H2. The molecule has 1 aliphatic carbocycles. The maximum absolute atomic E-state index is 9.40. The van der Waals surface area contributed by atoms with Crippen molar-refractivity contribution in [2.75, 3.05) is 6.61 Å². The summed E-state index contributed by atoms with van der Waals surface area (Å²) in [7, 11) is 0. The molecule has 3 N–H and O–H groups in total. The van der Waals surface area contributed by atoms with Crippen molar-refractivity contribution in [2.24, 2.45) is 5.92 Å². The van der Waals surface area contributed by atoms with Crippen molar-refractivity contribution >= 4 is 0 Å². The first-order valence-electron chi connectivity index (χ1n) is 6.36. The fraction of sp³-hybridized carbons (Fsp3) is 0.692. The Morgan fingerprint density at radius 2 is 2.19 bits per heavy atom. The third-order valence-corrected chi connectivity index (χ3v) is 3.62. The molecular formula is C13H22N2O. The summed E-state index contributed by atoms with van der Waals surface area (Å²) in [4.78, 5) is 3.07. The van der Waals surface area contributed by atoms with Gasteiger partial charge < -0.3 is 15.4 Å². The van der Waals surface area contributed by atoms with E-state index >= 15 is 0 Å². The summed E-state index contributed by atoms with van der Waals surface area (Å²) in [5, 5.41) is 13.0. The lowest BCUT2D eigenvalue weighted by Gasteiger charge is -2.24. The van der Waals surface area contributed by atoms with Gasteiger partial charge in [0.2, 0.25) is 0 Å². The van der Waals surface area contributed by atoms with Crippen molar-refractivity contribution in [2.45, 2.75) is 44.7 Å². The Kier molecular flexibility index (Phi) is 4.43. The van der Waals surface area contributed by atoms with Crippen LogP contribution in [0, 0.1) is 5.92 Å². The molecule has 1 saturated carbocycles. The van der Waals surface area contributed by atoms with Gasteiger partial charge in [-0.2, -0.15) is 0 Å². The fourth-order valence-electron chi connectivity index (χ4n) is 2.59. The van der Waals surface area contributed by atoms with E-state index in [9.17, 15) is 5.11 Å². The molecule has 1 aromatic rings. The molecule has 0 bridgehead atoms. The van der Waals surface area contributed by atoms with Gasteiger partial charge in [-0.15, -0.1) is 0 Å². The second-order valence-corrected chi connectivity index (χ2v) is 4.79. The number of aliphatic hydroxyl groups is 1. The van der Waals surface area contributed by atoms with E-state index in [0.717, 1.165) is 6.54 Å². The van der Waals surface area contributed by atoms with E-state index in [0.29, 0.717) is 18.6 Å². The molecule has 3 nitrogen and oxygen atoms in total. The SMILES string of the molecule is OCC1CCCCCC1NCc1cc[nH]c1.